The zero-order valence-electron chi connectivity index (χ0n) is 27.5. The Kier molecular flexibility index (Phi) is 12.2. The molecule has 0 saturated carbocycles. The molecule has 0 bridgehead atoms. The molecule has 2 aromatic carbocycles. The number of nitrogens with two attached hydrogens (primary N) is 2. The highest BCUT2D eigenvalue weighted by molar-refractivity contribution is 5.51. The second-order valence-electron chi connectivity index (χ2n) is 15.2. The predicted molar refractivity (Wildman–Crippen MR) is 168 cm³/mol. The molecule has 4 nitrogen and oxygen atoms in total. The van der Waals surface area contributed by atoms with Crippen molar-refractivity contribution in [2.45, 2.75) is 144 Å². The first-order valence-electron chi connectivity index (χ1n) is 14.0. The molecule has 0 spiro atoms. The largest absolute Gasteiger partial charge is 0.507 e. The van der Waals surface area contributed by atoms with E-state index in [1.807, 2.05) is 0 Å². The van der Waals surface area contributed by atoms with E-state index >= 15 is 0 Å². The number of hydrogen-bond acceptors (Lipinski definition) is 4. The fraction of sp³-hybridized carbons (Fsp3) is 0.647. The van der Waals surface area contributed by atoms with E-state index in [9.17, 15) is 10.2 Å². The monoisotopic (exact) mass is 528 g/mol. The van der Waals surface area contributed by atoms with E-state index in [0.29, 0.717) is 23.3 Å². The molecule has 0 atom stereocenters. The van der Waals surface area contributed by atoms with Gasteiger partial charge in [0.05, 0.1) is 0 Å². The van der Waals surface area contributed by atoms with Gasteiger partial charge in [-0.25, -0.2) is 0 Å². The molecule has 0 radical (unpaired) electrons. The van der Waals surface area contributed by atoms with Gasteiger partial charge in [0, 0.05) is 0 Å². The van der Waals surface area contributed by atoms with Crippen LogP contribution >= 0.6 is 0 Å². The number of hydrazine groups is 1. The molecule has 0 unspecified atom stereocenters. The molecule has 0 heterocycles. The molecule has 38 heavy (non-hydrogen) atoms. The van der Waals surface area contributed by atoms with E-state index in [1.165, 1.54) is 11.1 Å². The van der Waals surface area contributed by atoms with Crippen molar-refractivity contribution >= 4 is 0 Å². The molecule has 0 aliphatic heterocycles. The van der Waals surface area contributed by atoms with Crippen molar-refractivity contribution < 1.29 is 10.2 Å². The second-order valence-corrected chi connectivity index (χ2v) is 15.2. The Bertz CT molecular complexity index is 953. The number of aromatic hydroxyl groups is 2. The normalized spacial score (nSPS) is 12.6. The Balaban J connectivity index is 0.000000676. The Morgan fingerprint density at radius 3 is 0.868 bits per heavy atom. The van der Waals surface area contributed by atoms with Gasteiger partial charge in [0.1, 0.15) is 11.5 Å². The maximum Gasteiger partial charge on any atom is 0.122 e. The highest BCUT2D eigenvalue weighted by Gasteiger charge is 2.26. The van der Waals surface area contributed by atoms with Crippen LogP contribution in [0.15, 0.2) is 24.3 Å². The van der Waals surface area contributed by atoms with Crippen molar-refractivity contribution in [3.63, 3.8) is 0 Å². The van der Waals surface area contributed by atoms with Gasteiger partial charge in [-0.05, 0) is 66.9 Å². The van der Waals surface area contributed by atoms with Crippen molar-refractivity contribution in [3.05, 3.63) is 57.6 Å². The van der Waals surface area contributed by atoms with Gasteiger partial charge >= 0.3 is 0 Å². The first-order valence-corrected chi connectivity index (χ1v) is 14.0. The third-order valence-corrected chi connectivity index (χ3v) is 6.87. The molecule has 0 aliphatic rings. The van der Waals surface area contributed by atoms with Crippen LogP contribution in [-0.2, 0) is 21.7 Å². The first-order chi connectivity index (χ1) is 16.9. The first kappa shape index (κ1) is 36.0. The summed E-state index contributed by atoms with van der Waals surface area (Å²) in [6.45, 7) is 34.7. The minimum Gasteiger partial charge on any atom is -0.507 e. The van der Waals surface area contributed by atoms with Crippen LogP contribution in [0.4, 0.5) is 0 Å². The smallest absolute Gasteiger partial charge is 0.122 e. The molecule has 2 aromatic rings. The molecule has 0 fully saturated rings. The number of benzene rings is 2. The summed E-state index contributed by atoms with van der Waals surface area (Å²) >= 11 is 0. The summed E-state index contributed by atoms with van der Waals surface area (Å²) in [6.07, 6.45) is 0. The Hall–Kier alpha value is -2.04. The average molecular weight is 529 g/mol. The van der Waals surface area contributed by atoms with Crippen molar-refractivity contribution in [1.29, 1.82) is 0 Å². The quantitative estimate of drug-likeness (QED) is 0.231. The molecule has 218 valence electrons. The van der Waals surface area contributed by atoms with Crippen LogP contribution in [0.2, 0.25) is 0 Å². The standard InChI is InChI=1S/2C17H28O.H4N2/c2*1-11(2)13-9-12(16(3,4)5)10-14(15(13)18)17(6,7)8;1-2/h2*9-11,18H,1-8H3;1-2H2. The van der Waals surface area contributed by atoms with E-state index in [-0.39, 0.29) is 21.7 Å². The summed E-state index contributed by atoms with van der Waals surface area (Å²) < 4.78 is 0. The number of phenols is 2. The highest BCUT2D eigenvalue weighted by Crippen LogP contribution is 2.41. The number of hydrogen-bond donors (Lipinski definition) is 4. The molecule has 0 aromatic heterocycles. The summed E-state index contributed by atoms with van der Waals surface area (Å²) in [7, 11) is 0. The van der Waals surface area contributed by atoms with Crippen molar-refractivity contribution in [3.8, 4) is 11.5 Å². The molecule has 6 N–H and O–H groups in total. The van der Waals surface area contributed by atoms with Crippen LogP contribution in [0, 0.1) is 0 Å². The van der Waals surface area contributed by atoms with Crippen LogP contribution in [0.1, 0.15) is 156 Å². The molecule has 0 amide bonds. The summed E-state index contributed by atoms with van der Waals surface area (Å²) in [5.41, 5.74) is 6.98. The van der Waals surface area contributed by atoms with Crippen LogP contribution in [0.3, 0.4) is 0 Å². The Morgan fingerprint density at radius 1 is 0.474 bits per heavy atom. The fourth-order valence-electron chi connectivity index (χ4n) is 4.20. The maximum atomic E-state index is 10.5. The summed E-state index contributed by atoms with van der Waals surface area (Å²) in [5.74, 6) is 9.64. The molecular formula is C34H60N2O2. The Morgan fingerprint density at radius 2 is 0.711 bits per heavy atom. The van der Waals surface area contributed by atoms with Gasteiger partial charge in [-0.2, -0.15) is 0 Å². The fourth-order valence-corrected chi connectivity index (χ4v) is 4.20. The molecule has 4 heteroatoms. The lowest BCUT2D eigenvalue weighted by atomic mass is 9.77. The van der Waals surface area contributed by atoms with Crippen molar-refractivity contribution in [1.82, 2.24) is 0 Å². The minimum absolute atomic E-state index is 0.0328. The van der Waals surface area contributed by atoms with Crippen LogP contribution in [0.5, 0.6) is 11.5 Å². The lowest BCUT2D eigenvalue weighted by Crippen LogP contribution is -2.17. The molecule has 0 saturated heterocycles. The second kappa shape index (κ2) is 12.9. The molecule has 2 rings (SSSR count). The van der Waals surface area contributed by atoms with Crippen molar-refractivity contribution in [2.75, 3.05) is 0 Å². The Labute approximate surface area is 235 Å². The maximum absolute atomic E-state index is 10.5. The van der Waals surface area contributed by atoms with Gasteiger partial charge in [0.15, 0.2) is 0 Å². The van der Waals surface area contributed by atoms with E-state index in [4.69, 9.17) is 0 Å². The van der Waals surface area contributed by atoms with E-state index in [0.717, 1.165) is 22.3 Å². The minimum atomic E-state index is -0.0328. The highest BCUT2D eigenvalue weighted by atomic mass is 16.3. The zero-order valence-corrected chi connectivity index (χ0v) is 27.5. The van der Waals surface area contributed by atoms with E-state index in [2.05, 4.69) is 147 Å². The summed E-state index contributed by atoms with van der Waals surface area (Å²) in [4.78, 5) is 0. The third-order valence-electron chi connectivity index (χ3n) is 6.87. The number of rotatable bonds is 2. The van der Waals surface area contributed by atoms with Crippen molar-refractivity contribution in [2.24, 2.45) is 11.7 Å². The van der Waals surface area contributed by atoms with E-state index in [1.54, 1.807) is 0 Å². The van der Waals surface area contributed by atoms with Gasteiger partial charge in [0.2, 0.25) is 0 Å². The van der Waals surface area contributed by atoms with E-state index < -0.39 is 0 Å². The van der Waals surface area contributed by atoms with Gasteiger partial charge in [-0.1, -0.05) is 135 Å². The van der Waals surface area contributed by atoms with Gasteiger partial charge in [-0.3, -0.25) is 11.7 Å². The summed E-state index contributed by atoms with van der Waals surface area (Å²) in [6, 6.07) is 8.66. The van der Waals surface area contributed by atoms with Gasteiger partial charge in [0.25, 0.3) is 0 Å². The topological polar surface area (TPSA) is 92.5 Å². The molecule has 0 aliphatic carbocycles. The lowest BCUT2D eigenvalue weighted by Gasteiger charge is -2.28. The average Bonchev–Trinajstić information content (AvgIpc) is 2.72. The third kappa shape index (κ3) is 9.61. The molecular weight excluding hydrogens is 468 g/mol. The van der Waals surface area contributed by atoms with Crippen LogP contribution in [0.25, 0.3) is 0 Å². The predicted octanol–water partition coefficient (Wildman–Crippen LogP) is 9.04. The van der Waals surface area contributed by atoms with Gasteiger partial charge < -0.3 is 10.2 Å². The zero-order chi connectivity index (χ0) is 30.6. The number of phenolic OH excluding ortho intramolecular Hbond substituents is 2. The van der Waals surface area contributed by atoms with Crippen LogP contribution in [-0.4, -0.2) is 10.2 Å². The van der Waals surface area contributed by atoms with Gasteiger partial charge in [-0.15, -0.1) is 0 Å². The SMILES string of the molecule is CC(C)c1cc(C(C)(C)C)cc(C(C)(C)C)c1O.CC(C)c1cc(C(C)(C)C)cc(C(C)(C)C)c1O.NN. The van der Waals surface area contributed by atoms with Crippen LogP contribution < -0.4 is 11.7 Å². The lowest BCUT2D eigenvalue weighted by molar-refractivity contribution is 0.434. The summed E-state index contributed by atoms with van der Waals surface area (Å²) in [5, 5.41) is 21.0.